The van der Waals surface area contributed by atoms with E-state index in [0.717, 1.165) is 21.5 Å². The molecule has 2 aromatic heterocycles. The number of rotatable bonds is 2. The number of hydrogen-bond donors (Lipinski definition) is 1. The molecule has 0 amide bonds. The summed E-state index contributed by atoms with van der Waals surface area (Å²) in [5, 5.41) is 17.8. The third-order valence-electron chi connectivity index (χ3n) is 2.73. The van der Waals surface area contributed by atoms with E-state index in [9.17, 15) is 5.11 Å². The third-order valence-corrected chi connectivity index (χ3v) is 3.35. The fraction of sp³-hybridized carbons (Fsp3) is 0.0769. The van der Waals surface area contributed by atoms with E-state index in [1.807, 2.05) is 34.9 Å². The number of benzene rings is 1. The molecule has 3 aromatic rings. The van der Waals surface area contributed by atoms with Gasteiger partial charge in [-0.1, -0.05) is 12.1 Å². The molecule has 0 bridgehead atoms. The Kier molecular flexibility index (Phi) is 2.76. The van der Waals surface area contributed by atoms with Crippen LogP contribution in [-0.4, -0.2) is 19.7 Å². The molecule has 0 atom stereocenters. The summed E-state index contributed by atoms with van der Waals surface area (Å²) in [6.07, 6.45) is 2.56. The van der Waals surface area contributed by atoms with Gasteiger partial charge in [0.25, 0.3) is 0 Å². The van der Waals surface area contributed by atoms with Crippen molar-refractivity contribution in [2.24, 2.45) is 0 Å². The molecule has 0 aliphatic rings. The lowest BCUT2D eigenvalue weighted by Gasteiger charge is -2.01. The summed E-state index contributed by atoms with van der Waals surface area (Å²) in [5.41, 5.74) is 1.80. The summed E-state index contributed by atoms with van der Waals surface area (Å²) < 4.78 is 2.85. The van der Waals surface area contributed by atoms with Crippen LogP contribution in [0.2, 0.25) is 0 Å². The van der Waals surface area contributed by atoms with Gasteiger partial charge in [-0.2, -0.15) is 0 Å². The average Bonchev–Trinajstić information content (AvgIpc) is 2.74. The Hall–Kier alpha value is -1.88. The van der Waals surface area contributed by atoms with E-state index in [1.165, 1.54) is 0 Å². The van der Waals surface area contributed by atoms with Crippen LogP contribution < -0.4 is 0 Å². The maximum Gasteiger partial charge on any atom is 0.175 e. The predicted octanol–water partition coefficient (Wildman–Crippen LogP) is 2.79. The van der Waals surface area contributed by atoms with E-state index in [4.69, 9.17) is 0 Å². The molecule has 0 spiro atoms. The Bertz CT molecular complexity index is 708. The molecule has 0 aliphatic carbocycles. The van der Waals surface area contributed by atoms with Crippen LogP contribution >= 0.6 is 15.9 Å². The zero-order valence-electron chi connectivity index (χ0n) is 9.42. The zero-order valence-corrected chi connectivity index (χ0v) is 11.0. The van der Waals surface area contributed by atoms with Crippen molar-refractivity contribution in [1.82, 2.24) is 14.6 Å². The van der Waals surface area contributed by atoms with E-state index < -0.39 is 0 Å². The van der Waals surface area contributed by atoms with Crippen molar-refractivity contribution >= 4 is 21.6 Å². The minimum Gasteiger partial charge on any atom is -0.508 e. The quantitative estimate of drug-likeness (QED) is 0.792. The summed E-state index contributed by atoms with van der Waals surface area (Å²) in [6, 6.07) is 11.0. The van der Waals surface area contributed by atoms with Gasteiger partial charge in [-0.05, 0) is 45.8 Å². The van der Waals surface area contributed by atoms with Crippen molar-refractivity contribution in [1.29, 1.82) is 0 Å². The first-order valence-corrected chi connectivity index (χ1v) is 6.29. The smallest absolute Gasteiger partial charge is 0.175 e. The number of aromatic hydroxyl groups is 1. The lowest BCUT2D eigenvalue weighted by atomic mass is 10.1. The second kappa shape index (κ2) is 4.42. The molecule has 0 fully saturated rings. The summed E-state index contributed by atoms with van der Waals surface area (Å²) in [7, 11) is 0. The molecule has 3 rings (SSSR count). The Morgan fingerprint density at radius 2 is 2.06 bits per heavy atom. The van der Waals surface area contributed by atoms with E-state index in [0.29, 0.717) is 6.42 Å². The van der Waals surface area contributed by atoms with Gasteiger partial charge in [0.05, 0.1) is 4.47 Å². The largest absolute Gasteiger partial charge is 0.508 e. The molecule has 0 saturated heterocycles. The fourth-order valence-corrected chi connectivity index (χ4v) is 2.32. The van der Waals surface area contributed by atoms with Gasteiger partial charge in [0.2, 0.25) is 0 Å². The van der Waals surface area contributed by atoms with Crippen LogP contribution in [0.15, 0.2) is 47.1 Å². The molecule has 0 radical (unpaired) electrons. The molecular formula is C13H10BrN3O. The van der Waals surface area contributed by atoms with E-state index >= 15 is 0 Å². The van der Waals surface area contributed by atoms with Crippen LogP contribution in [0.1, 0.15) is 11.4 Å². The monoisotopic (exact) mass is 303 g/mol. The van der Waals surface area contributed by atoms with Gasteiger partial charge < -0.3 is 5.11 Å². The van der Waals surface area contributed by atoms with Gasteiger partial charge >= 0.3 is 0 Å². The Morgan fingerprint density at radius 1 is 1.17 bits per heavy atom. The van der Waals surface area contributed by atoms with Crippen molar-refractivity contribution in [3.8, 4) is 5.75 Å². The number of aromatic nitrogens is 3. The molecule has 5 heteroatoms. The SMILES string of the molecule is Oc1cccc(Cc2nnc3c(Br)cccn23)c1. The van der Waals surface area contributed by atoms with Gasteiger partial charge in [-0.25, -0.2) is 0 Å². The van der Waals surface area contributed by atoms with E-state index in [2.05, 4.69) is 26.1 Å². The first kappa shape index (κ1) is 11.2. The standard InChI is InChI=1S/C13H10BrN3O/c14-11-5-2-6-17-12(15-16-13(11)17)8-9-3-1-4-10(18)7-9/h1-7,18H,8H2. The van der Waals surface area contributed by atoms with Crippen LogP contribution in [0.5, 0.6) is 5.75 Å². The third kappa shape index (κ3) is 1.97. The van der Waals surface area contributed by atoms with E-state index in [-0.39, 0.29) is 5.75 Å². The average molecular weight is 304 g/mol. The van der Waals surface area contributed by atoms with Crippen LogP contribution in [0.25, 0.3) is 5.65 Å². The lowest BCUT2D eigenvalue weighted by Crippen LogP contribution is -1.96. The second-order valence-electron chi connectivity index (χ2n) is 4.01. The molecule has 2 heterocycles. The van der Waals surface area contributed by atoms with Crippen molar-refractivity contribution < 1.29 is 5.11 Å². The van der Waals surface area contributed by atoms with Crippen molar-refractivity contribution in [2.45, 2.75) is 6.42 Å². The molecule has 0 aliphatic heterocycles. The Morgan fingerprint density at radius 3 is 2.89 bits per heavy atom. The Labute approximate surface area is 112 Å². The highest BCUT2D eigenvalue weighted by Crippen LogP contribution is 2.19. The molecular weight excluding hydrogens is 294 g/mol. The summed E-state index contributed by atoms with van der Waals surface area (Å²) in [4.78, 5) is 0. The maximum absolute atomic E-state index is 9.45. The number of nitrogens with zero attached hydrogens (tertiary/aromatic N) is 3. The molecule has 0 unspecified atom stereocenters. The van der Waals surface area contributed by atoms with Crippen LogP contribution in [-0.2, 0) is 6.42 Å². The molecule has 90 valence electrons. The lowest BCUT2D eigenvalue weighted by molar-refractivity contribution is 0.474. The molecule has 4 nitrogen and oxygen atoms in total. The van der Waals surface area contributed by atoms with Crippen molar-refractivity contribution in [2.75, 3.05) is 0 Å². The van der Waals surface area contributed by atoms with Crippen LogP contribution in [0.4, 0.5) is 0 Å². The van der Waals surface area contributed by atoms with Gasteiger partial charge in [-0.3, -0.25) is 4.40 Å². The highest BCUT2D eigenvalue weighted by atomic mass is 79.9. The number of pyridine rings is 1. The summed E-state index contributed by atoms with van der Waals surface area (Å²) >= 11 is 3.44. The normalized spacial score (nSPS) is 10.9. The summed E-state index contributed by atoms with van der Waals surface area (Å²) in [6.45, 7) is 0. The first-order chi connectivity index (χ1) is 8.74. The fourth-order valence-electron chi connectivity index (χ4n) is 1.90. The minimum atomic E-state index is 0.266. The van der Waals surface area contributed by atoms with Gasteiger partial charge in [0, 0.05) is 12.6 Å². The highest BCUT2D eigenvalue weighted by molar-refractivity contribution is 9.10. The van der Waals surface area contributed by atoms with Gasteiger partial charge in [0.15, 0.2) is 5.65 Å². The molecule has 0 saturated carbocycles. The number of halogens is 1. The molecule has 18 heavy (non-hydrogen) atoms. The van der Waals surface area contributed by atoms with Gasteiger partial charge in [-0.15, -0.1) is 10.2 Å². The van der Waals surface area contributed by atoms with Crippen molar-refractivity contribution in [3.63, 3.8) is 0 Å². The van der Waals surface area contributed by atoms with Crippen molar-refractivity contribution in [3.05, 3.63) is 58.5 Å². The van der Waals surface area contributed by atoms with Crippen LogP contribution in [0.3, 0.4) is 0 Å². The van der Waals surface area contributed by atoms with E-state index in [1.54, 1.807) is 12.1 Å². The number of phenols is 1. The highest BCUT2D eigenvalue weighted by Gasteiger charge is 2.08. The topological polar surface area (TPSA) is 50.4 Å². The number of fused-ring (bicyclic) bond motifs is 1. The molecule has 1 aromatic carbocycles. The molecule has 1 N–H and O–H groups in total. The zero-order chi connectivity index (χ0) is 12.5. The van der Waals surface area contributed by atoms with Gasteiger partial charge in [0.1, 0.15) is 11.6 Å². The maximum atomic E-state index is 9.45. The minimum absolute atomic E-state index is 0.266. The number of phenolic OH excluding ortho intramolecular Hbond substituents is 1. The number of hydrogen-bond acceptors (Lipinski definition) is 3. The Balaban J connectivity index is 2.03. The first-order valence-electron chi connectivity index (χ1n) is 5.50. The summed E-state index contributed by atoms with van der Waals surface area (Å²) in [5.74, 6) is 1.11. The second-order valence-corrected chi connectivity index (χ2v) is 4.87. The van der Waals surface area contributed by atoms with Crippen LogP contribution in [0, 0.1) is 0 Å². The predicted molar refractivity (Wildman–Crippen MR) is 71.6 cm³/mol.